The Bertz CT molecular complexity index is 482. The van der Waals surface area contributed by atoms with Crippen molar-refractivity contribution in [1.82, 2.24) is 15.3 Å². The summed E-state index contributed by atoms with van der Waals surface area (Å²) in [5.41, 5.74) is 3.01. The fraction of sp³-hybridized carbons (Fsp3) is 0.538. The maximum atomic E-state index is 5.10. The third-order valence-corrected chi connectivity index (χ3v) is 4.54. The minimum absolute atomic E-state index is 0.125. The molecular formula is C13H19N3OS2. The standard InChI is InChI=1S/C13H19N3OS2/c1-9(2)10-7-18-13(16-10)12(15-4-5-17-3)11-6-14-8-19-11/h6-9,12,15H,4-5H2,1-3H3. The number of methoxy groups -OCH3 is 1. The number of hydrogen-bond acceptors (Lipinski definition) is 6. The molecule has 6 heteroatoms. The Morgan fingerprint density at radius 1 is 1.37 bits per heavy atom. The Hall–Kier alpha value is -0.820. The van der Waals surface area contributed by atoms with E-state index in [1.165, 1.54) is 4.88 Å². The van der Waals surface area contributed by atoms with Crippen molar-refractivity contribution >= 4 is 22.7 Å². The fourth-order valence-electron chi connectivity index (χ4n) is 1.68. The lowest BCUT2D eigenvalue weighted by Gasteiger charge is -2.14. The van der Waals surface area contributed by atoms with Gasteiger partial charge in [-0.1, -0.05) is 13.8 Å². The lowest BCUT2D eigenvalue weighted by Crippen LogP contribution is -2.25. The van der Waals surface area contributed by atoms with E-state index in [0.717, 1.165) is 17.2 Å². The van der Waals surface area contributed by atoms with Gasteiger partial charge in [0, 0.05) is 30.1 Å². The highest BCUT2D eigenvalue weighted by Crippen LogP contribution is 2.29. The van der Waals surface area contributed by atoms with Crippen LogP contribution in [0.3, 0.4) is 0 Å². The SMILES string of the molecule is COCCNC(c1cncs1)c1nc(C(C)C)cs1. The molecule has 2 aromatic heterocycles. The second-order valence-electron chi connectivity index (χ2n) is 4.55. The average molecular weight is 297 g/mol. The summed E-state index contributed by atoms with van der Waals surface area (Å²) < 4.78 is 5.10. The van der Waals surface area contributed by atoms with Crippen molar-refractivity contribution in [2.75, 3.05) is 20.3 Å². The molecule has 1 atom stereocenters. The molecule has 0 radical (unpaired) electrons. The van der Waals surface area contributed by atoms with Crippen molar-refractivity contribution in [3.63, 3.8) is 0 Å². The third kappa shape index (κ3) is 3.82. The van der Waals surface area contributed by atoms with Crippen LogP contribution in [0.4, 0.5) is 0 Å². The summed E-state index contributed by atoms with van der Waals surface area (Å²) in [5, 5.41) is 6.73. The van der Waals surface area contributed by atoms with Crippen LogP contribution in [-0.4, -0.2) is 30.2 Å². The maximum absolute atomic E-state index is 5.10. The number of ether oxygens (including phenoxy) is 1. The summed E-state index contributed by atoms with van der Waals surface area (Å²) in [6.07, 6.45) is 1.91. The number of nitrogens with zero attached hydrogens (tertiary/aromatic N) is 2. The van der Waals surface area contributed by atoms with Gasteiger partial charge in [0.2, 0.25) is 0 Å². The summed E-state index contributed by atoms with van der Waals surface area (Å²) in [4.78, 5) is 10.1. The topological polar surface area (TPSA) is 47.0 Å². The van der Waals surface area contributed by atoms with Gasteiger partial charge < -0.3 is 10.1 Å². The molecule has 0 fully saturated rings. The molecule has 104 valence electrons. The first-order valence-corrected chi connectivity index (χ1v) is 8.04. The van der Waals surface area contributed by atoms with Crippen LogP contribution in [0.1, 0.15) is 41.4 Å². The molecule has 0 aromatic carbocycles. The number of rotatable bonds is 7. The predicted octanol–water partition coefficient (Wildman–Crippen LogP) is 3.05. The summed E-state index contributed by atoms with van der Waals surface area (Å²) in [6, 6.07) is 0.125. The molecule has 19 heavy (non-hydrogen) atoms. The molecule has 1 N–H and O–H groups in total. The van der Waals surface area contributed by atoms with Crippen LogP contribution in [0.25, 0.3) is 0 Å². The van der Waals surface area contributed by atoms with E-state index < -0.39 is 0 Å². The molecule has 0 amide bonds. The lowest BCUT2D eigenvalue weighted by molar-refractivity contribution is 0.197. The van der Waals surface area contributed by atoms with Gasteiger partial charge in [-0.2, -0.15) is 0 Å². The molecule has 2 heterocycles. The van der Waals surface area contributed by atoms with Gasteiger partial charge in [0.1, 0.15) is 5.01 Å². The smallest absolute Gasteiger partial charge is 0.115 e. The van der Waals surface area contributed by atoms with Crippen molar-refractivity contribution in [2.24, 2.45) is 0 Å². The molecule has 0 saturated heterocycles. The van der Waals surface area contributed by atoms with Crippen molar-refractivity contribution in [3.8, 4) is 0 Å². The van der Waals surface area contributed by atoms with Crippen LogP contribution in [0, 0.1) is 0 Å². The highest BCUT2D eigenvalue weighted by Gasteiger charge is 2.19. The Kier molecular flexibility index (Phi) is 5.45. The van der Waals surface area contributed by atoms with Crippen molar-refractivity contribution in [1.29, 1.82) is 0 Å². The molecule has 4 nitrogen and oxygen atoms in total. The highest BCUT2D eigenvalue weighted by molar-refractivity contribution is 7.11. The van der Waals surface area contributed by atoms with Crippen LogP contribution in [-0.2, 0) is 4.74 Å². The zero-order chi connectivity index (χ0) is 13.7. The number of thiazole rings is 2. The van der Waals surface area contributed by atoms with Gasteiger partial charge in [0.05, 0.1) is 23.9 Å². The first kappa shape index (κ1) is 14.6. The van der Waals surface area contributed by atoms with E-state index in [1.54, 1.807) is 29.8 Å². The molecule has 0 spiro atoms. The van der Waals surface area contributed by atoms with Gasteiger partial charge >= 0.3 is 0 Å². The van der Waals surface area contributed by atoms with Crippen molar-refractivity contribution in [3.05, 3.63) is 32.7 Å². The second-order valence-corrected chi connectivity index (χ2v) is 6.36. The Morgan fingerprint density at radius 3 is 2.79 bits per heavy atom. The highest BCUT2D eigenvalue weighted by atomic mass is 32.1. The van der Waals surface area contributed by atoms with Gasteiger partial charge in [0.25, 0.3) is 0 Å². The Balaban J connectivity index is 2.16. The molecule has 0 saturated carbocycles. The summed E-state index contributed by atoms with van der Waals surface area (Å²) in [7, 11) is 1.71. The van der Waals surface area contributed by atoms with E-state index >= 15 is 0 Å². The van der Waals surface area contributed by atoms with E-state index in [9.17, 15) is 0 Å². The van der Waals surface area contributed by atoms with E-state index in [4.69, 9.17) is 9.72 Å². The maximum Gasteiger partial charge on any atom is 0.115 e. The molecule has 2 aromatic rings. The first-order chi connectivity index (χ1) is 9.22. The average Bonchev–Trinajstić information content (AvgIpc) is 3.06. The number of hydrogen-bond donors (Lipinski definition) is 1. The molecule has 0 aliphatic carbocycles. The third-order valence-electron chi connectivity index (χ3n) is 2.77. The van der Waals surface area contributed by atoms with E-state index in [0.29, 0.717) is 12.5 Å². The normalized spacial score (nSPS) is 13.1. The van der Waals surface area contributed by atoms with Gasteiger partial charge in [-0.15, -0.1) is 22.7 Å². The van der Waals surface area contributed by atoms with E-state index in [2.05, 4.69) is 29.5 Å². The fourth-order valence-corrected chi connectivity index (χ4v) is 3.52. The van der Waals surface area contributed by atoms with E-state index in [1.807, 2.05) is 11.7 Å². The largest absolute Gasteiger partial charge is 0.383 e. The van der Waals surface area contributed by atoms with Gasteiger partial charge in [-0.25, -0.2) is 4.98 Å². The Morgan fingerprint density at radius 2 is 2.21 bits per heavy atom. The monoisotopic (exact) mass is 297 g/mol. The minimum atomic E-state index is 0.125. The van der Waals surface area contributed by atoms with Crippen LogP contribution in [0.2, 0.25) is 0 Å². The minimum Gasteiger partial charge on any atom is -0.383 e. The first-order valence-electron chi connectivity index (χ1n) is 6.28. The van der Waals surface area contributed by atoms with Crippen LogP contribution in [0.5, 0.6) is 0 Å². The predicted molar refractivity (Wildman–Crippen MR) is 80.0 cm³/mol. The number of aromatic nitrogens is 2. The van der Waals surface area contributed by atoms with Gasteiger partial charge in [0.15, 0.2) is 0 Å². The zero-order valence-corrected chi connectivity index (χ0v) is 13.1. The molecule has 0 aliphatic heterocycles. The van der Waals surface area contributed by atoms with Crippen LogP contribution >= 0.6 is 22.7 Å². The van der Waals surface area contributed by atoms with Gasteiger partial charge in [-0.05, 0) is 5.92 Å². The second kappa shape index (κ2) is 7.09. The summed E-state index contributed by atoms with van der Waals surface area (Å²) in [5.74, 6) is 0.464. The number of nitrogens with one attached hydrogen (secondary N) is 1. The molecule has 1 unspecified atom stereocenters. The molecule has 0 aliphatic rings. The quantitative estimate of drug-likeness (QED) is 0.798. The molecule has 0 bridgehead atoms. The summed E-state index contributed by atoms with van der Waals surface area (Å²) in [6.45, 7) is 5.82. The summed E-state index contributed by atoms with van der Waals surface area (Å²) >= 11 is 3.36. The lowest BCUT2D eigenvalue weighted by atomic mass is 10.2. The van der Waals surface area contributed by atoms with Crippen LogP contribution in [0.15, 0.2) is 17.1 Å². The van der Waals surface area contributed by atoms with Crippen molar-refractivity contribution in [2.45, 2.75) is 25.8 Å². The Labute approximate surface area is 121 Å². The molecule has 2 rings (SSSR count). The molecular weight excluding hydrogens is 278 g/mol. The van der Waals surface area contributed by atoms with Crippen molar-refractivity contribution < 1.29 is 4.74 Å². The zero-order valence-electron chi connectivity index (χ0n) is 11.4. The van der Waals surface area contributed by atoms with E-state index in [-0.39, 0.29) is 6.04 Å². The van der Waals surface area contributed by atoms with Gasteiger partial charge in [-0.3, -0.25) is 4.98 Å². The van der Waals surface area contributed by atoms with Crippen LogP contribution < -0.4 is 5.32 Å².